The van der Waals surface area contributed by atoms with Gasteiger partial charge in [0.25, 0.3) is 0 Å². The van der Waals surface area contributed by atoms with Crippen LogP contribution >= 0.6 is 27.7 Å². The van der Waals surface area contributed by atoms with Crippen LogP contribution in [-0.2, 0) is 4.79 Å². The molecule has 1 aromatic heterocycles. The maximum Gasteiger partial charge on any atom is 0.313 e. The molecule has 20 heavy (non-hydrogen) atoms. The van der Waals surface area contributed by atoms with Gasteiger partial charge in [0.1, 0.15) is 0 Å². The van der Waals surface area contributed by atoms with Crippen molar-refractivity contribution >= 4 is 44.7 Å². The Labute approximate surface area is 129 Å². The van der Waals surface area contributed by atoms with E-state index in [1.165, 1.54) is 11.8 Å². The molecular weight excluding hydrogens is 340 g/mol. The van der Waals surface area contributed by atoms with E-state index in [2.05, 4.69) is 38.5 Å². The van der Waals surface area contributed by atoms with Gasteiger partial charge < -0.3 is 9.67 Å². The first kappa shape index (κ1) is 13.9. The normalized spacial score (nSPS) is 21.9. The van der Waals surface area contributed by atoms with E-state index in [1.54, 1.807) is 0 Å². The molecule has 1 aromatic carbocycles. The number of hydrogen-bond acceptors (Lipinski definition) is 3. The number of carboxylic acid groups (broad SMARTS) is 1. The number of carboxylic acids is 1. The van der Waals surface area contributed by atoms with Crippen molar-refractivity contribution in [2.75, 3.05) is 5.75 Å². The van der Waals surface area contributed by atoms with Crippen molar-refractivity contribution in [2.45, 2.75) is 31.0 Å². The minimum absolute atomic E-state index is 0.0484. The second-order valence-electron chi connectivity index (χ2n) is 5.31. The Balaban J connectivity index is 2.02. The van der Waals surface area contributed by atoms with Gasteiger partial charge >= 0.3 is 5.97 Å². The smallest absolute Gasteiger partial charge is 0.313 e. The van der Waals surface area contributed by atoms with E-state index in [0.717, 1.165) is 39.4 Å². The van der Waals surface area contributed by atoms with Gasteiger partial charge in [0.15, 0.2) is 5.16 Å². The quantitative estimate of drug-likeness (QED) is 0.844. The van der Waals surface area contributed by atoms with Gasteiger partial charge in [-0.3, -0.25) is 4.79 Å². The highest BCUT2D eigenvalue weighted by Crippen LogP contribution is 2.42. The summed E-state index contributed by atoms with van der Waals surface area (Å²) in [6.45, 7) is 2.25. The second-order valence-corrected chi connectivity index (χ2v) is 7.17. The molecule has 0 aliphatic heterocycles. The molecule has 2 aromatic rings. The van der Waals surface area contributed by atoms with Crippen molar-refractivity contribution in [3.63, 3.8) is 0 Å². The minimum Gasteiger partial charge on any atom is -0.481 e. The second kappa shape index (κ2) is 5.41. The number of imidazole rings is 1. The number of rotatable bonds is 4. The molecule has 0 radical (unpaired) electrons. The molecule has 0 bridgehead atoms. The Hall–Kier alpha value is -1.01. The summed E-state index contributed by atoms with van der Waals surface area (Å²) >= 11 is 4.76. The van der Waals surface area contributed by atoms with E-state index in [0.29, 0.717) is 6.04 Å². The van der Waals surface area contributed by atoms with Gasteiger partial charge in [-0.1, -0.05) is 34.6 Å². The van der Waals surface area contributed by atoms with Crippen molar-refractivity contribution in [2.24, 2.45) is 5.92 Å². The number of benzene rings is 1. The van der Waals surface area contributed by atoms with Crippen molar-refractivity contribution in [1.82, 2.24) is 9.55 Å². The van der Waals surface area contributed by atoms with Crippen LogP contribution in [0.2, 0.25) is 0 Å². The molecule has 106 valence electrons. The summed E-state index contributed by atoms with van der Waals surface area (Å²) in [5, 5.41) is 9.69. The van der Waals surface area contributed by atoms with E-state index in [-0.39, 0.29) is 5.75 Å². The Morgan fingerprint density at radius 3 is 2.95 bits per heavy atom. The summed E-state index contributed by atoms with van der Waals surface area (Å²) in [5.74, 6) is -0.0192. The zero-order valence-corrected chi connectivity index (χ0v) is 13.4. The third-order valence-corrected chi connectivity index (χ3v) is 5.09. The molecule has 1 aliphatic carbocycles. The predicted octanol–water partition coefficient (Wildman–Crippen LogP) is 3.95. The topological polar surface area (TPSA) is 55.1 Å². The number of nitrogens with zero attached hydrogens (tertiary/aromatic N) is 2. The molecule has 4 nitrogen and oxygen atoms in total. The van der Waals surface area contributed by atoms with Gasteiger partial charge in [-0.2, -0.15) is 0 Å². The molecule has 1 aliphatic rings. The van der Waals surface area contributed by atoms with Crippen molar-refractivity contribution in [3.05, 3.63) is 22.7 Å². The number of halogens is 1. The zero-order chi connectivity index (χ0) is 14.3. The molecule has 3 rings (SSSR count). The van der Waals surface area contributed by atoms with Gasteiger partial charge in [-0.05, 0) is 37.0 Å². The lowest BCUT2D eigenvalue weighted by Crippen LogP contribution is -2.25. The molecule has 1 saturated carbocycles. The maximum absolute atomic E-state index is 10.8. The standard InChI is InChI=1S/C14H15BrN2O2S/c1-8-4-10(5-8)17-12-3-2-9(15)6-11(12)16-14(17)20-7-13(18)19/h2-3,6,8,10H,4-5,7H2,1H3,(H,18,19). The fourth-order valence-electron chi connectivity index (χ4n) is 2.70. The summed E-state index contributed by atoms with van der Waals surface area (Å²) in [4.78, 5) is 15.4. The zero-order valence-electron chi connectivity index (χ0n) is 11.0. The monoisotopic (exact) mass is 354 g/mol. The molecule has 6 heteroatoms. The van der Waals surface area contributed by atoms with Crippen LogP contribution in [0.25, 0.3) is 11.0 Å². The first-order valence-electron chi connectivity index (χ1n) is 6.56. The first-order chi connectivity index (χ1) is 9.54. The SMILES string of the molecule is CC1CC(n2c(SCC(=O)O)nc3cc(Br)ccc32)C1. The fraction of sp³-hybridized carbons (Fsp3) is 0.429. The highest BCUT2D eigenvalue weighted by atomic mass is 79.9. The van der Waals surface area contributed by atoms with E-state index in [9.17, 15) is 4.79 Å². The van der Waals surface area contributed by atoms with Gasteiger partial charge in [-0.15, -0.1) is 0 Å². The lowest BCUT2D eigenvalue weighted by molar-refractivity contribution is -0.133. The minimum atomic E-state index is -0.809. The fourth-order valence-corrected chi connectivity index (χ4v) is 3.85. The van der Waals surface area contributed by atoms with Crippen LogP contribution in [0, 0.1) is 5.92 Å². The third-order valence-electron chi connectivity index (χ3n) is 3.66. The summed E-state index contributed by atoms with van der Waals surface area (Å²) in [7, 11) is 0. The maximum atomic E-state index is 10.8. The van der Waals surface area contributed by atoms with Gasteiger partial charge in [0.05, 0.1) is 16.8 Å². The Bertz CT molecular complexity index is 664. The molecule has 1 fully saturated rings. The third kappa shape index (κ3) is 2.59. The number of aromatic nitrogens is 2. The summed E-state index contributed by atoms with van der Waals surface area (Å²) in [5.41, 5.74) is 2.02. The van der Waals surface area contributed by atoms with Crippen LogP contribution in [0.3, 0.4) is 0 Å². The van der Waals surface area contributed by atoms with Crippen LogP contribution in [0.5, 0.6) is 0 Å². The predicted molar refractivity (Wildman–Crippen MR) is 83.2 cm³/mol. The van der Waals surface area contributed by atoms with E-state index in [1.807, 2.05) is 12.1 Å². The van der Waals surface area contributed by atoms with Gasteiger partial charge in [0, 0.05) is 10.5 Å². The molecule has 1 N–H and O–H groups in total. The molecule has 0 amide bonds. The first-order valence-corrected chi connectivity index (χ1v) is 8.34. The molecule has 0 saturated heterocycles. The lowest BCUT2D eigenvalue weighted by atomic mass is 9.81. The largest absolute Gasteiger partial charge is 0.481 e. The van der Waals surface area contributed by atoms with Gasteiger partial charge in [-0.25, -0.2) is 4.98 Å². The van der Waals surface area contributed by atoms with E-state index < -0.39 is 5.97 Å². The Kier molecular flexibility index (Phi) is 3.77. The highest BCUT2D eigenvalue weighted by Gasteiger charge is 2.30. The van der Waals surface area contributed by atoms with E-state index >= 15 is 0 Å². The summed E-state index contributed by atoms with van der Waals surface area (Å²) < 4.78 is 3.21. The number of hydrogen-bond donors (Lipinski definition) is 1. The van der Waals surface area contributed by atoms with Crippen LogP contribution < -0.4 is 0 Å². The van der Waals surface area contributed by atoms with Crippen LogP contribution in [0.15, 0.2) is 27.8 Å². The highest BCUT2D eigenvalue weighted by molar-refractivity contribution is 9.10. The summed E-state index contributed by atoms with van der Waals surface area (Å²) in [6.07, 6.45) is 2.28. The molecule has 0 unspecified atom stereocenters. The molecular formula is C14H15BrN2O2S. The number of fused-ring (bicyclic) bond motifs is 1. The van der Waals surface area contributed by atoms with E-state index in [4.69, 9.17) is 5.11 Å². The van der Waals surface area contributed by atoms with Crippen molar-refractivity contribution in [1.29, 1.82) is 0 Å². The Morgan fingerprint density at radius 2 is 2.30 bits per heavy atom. The van der Waals surface area contributed by atoms with Crippen LogP contribution in [0.4, 0.5) is 0 Å². The summed E-state index contributed by atoms with van der Waals surface area (Å²) in [6, 6.07) is 6.50. The number of thioether (sulfide) groups is 1. The Morgan fingerprint density at radius 1 is 1.55 bits per heavy atom. The molecule has 0 atom stereocenters. The number of carbonyl (C=O) groups is 1. The van der Waals surface area contributed by atoms with Crippen molar-refractivity contribution in [3.8, 4) is 0 Å². The number of aliphatic carboxylic acids is 1. The van der Waals surface area contributed by atoms with Gasteiger partial charge in [0.2, 0.25) is 0 Å². The van der Waals surface area contributed by atoms with Crippen molar-refractivity contribution < 1.29 is 9.90 Å². The van der Waals surface area contributed by atoms with Crippen LogP contribution in [-0.4, -0.2) is 26.4 Å². The van der Waals surface area contributed by atoms with Crippen LogP contribution in [0.1, 0.15) is 25.8 Å². The molecule has 1 heterocycles. The molecule has 0 spiro atoms. The average Bonchev–Trinajstić information content (AvgIpc) is 2.69. The average molecular weight is 355 g/mol. The lowest BCUT2D eigenvalue weighted by Gasteiger charge is -2.35.